The van der Waals surface area contributed by atoms with Gasteiger partial charge in [-0.2, -0.15) is 0 Å². The lowest BCUT2D eigenvalue weighted by molar-refractivity contribution is 0.345. The van der Waals surface area contributed by atoms with E-state index in [-0.39, 0.29) is 0 Å². The van der Waals surface area contributed by atoms with Crippen LogP contribution in [0.1, 0.15) is 20.8 Å². The maximum Gasteiger partial charge on any atom is 0.0227 e. The van der Waals surface area contributed by atoms with Gasteiger partial charge in [0.1, 0.15) is 0 Å². The van der Waals surface area contributed by atoms with E-state index in [4.69, 9.17) is 0 Å². The Kier molecular flexibility index (Phi) is 5.18. The Balaban J connectivity index is 4.16. The van der Waals surface area contributed by atoms with Crippen molar-refractivity contribution in [3.05, 3.63) is 36.6 Å². The third kappa shape index (κ3) is 4.02. The number of nitrogens with zero attached hydrogens (tertiary/aromatic N) is 1. The largest absolute Gasteiger partial charge is 0.376 e. The second kappa shape index (κ2) is 5.64. The van der Waals surface area contributed by atoms with Gasteiger partial charge in [0.05, 0.1) is 0 Å². The van der Waals surface area contributed by atoms with Gasteiger partial charge < -0.3 is 4.90 Å². The number of rotatable bonds is 4. The summed E-state index contributed by atoms with van der Waals surface area (Å²) in [7, 11) is 2.10. The van der Waals surface area contributed by atoms with Gasteiger partial charge in [-0.3, -0.25) is 0 Å². The molecule has 0 saturated carbocycles. The van der Waals surface area contributed by atoms with Crippen molar-refractivity contribution in [2.24, 2.45) is 0 Å². The summed E-state index contributed by atoms with van der Waals surface area (Å²) in [4.78, 5) is 2.23. The van der Waals surface area contributed by atoms with Crippen LogP contribution in [0.4, 0.5) is 0 Å². The molecule has 0 amide bonds. The van der Waals surface area contributed by atoms with Gasteiger partial charge >= 0.3 is 0 Å². The van der Waals surface area contributed by atoms with E-state index < -0.39 is 0 Å². The van der Waals surface area contributed by atoms with Crippen molar-refractivity contribution in [3.8, 4) is 0 Å². The van der Waals surface area contributed by atoms with E-state index in [1.165, 1.54) is 5.70 Å². The Hall–Kier alpha value is -0.980. The number of hydrogen-bond donors (Lipinski definition) is 0. The van der Waals surface area contributed by atoms with E-state index in [1.807, 2.05) is 12.2 Å². The lowest BCUT2D eigenvalue weighted by Gasteiger charge is -2.23. The Bertz CT molecular complexity index is 187. The summed E-state index contributed by atoms with van der Waals surface area (Å²) in [6.45, 7) is 10.1. The average Bonchev–Trinajstić information content (AvgIpc) is 2.03. The molecule has 0 rings (SSSR count). The van der Waals surface area contributed by atoms with Crippen molar-refractivity contribution < 1.29 is 0 Å². The minimum Gasteiger partial charge on any atom is -0.376 e. The number of hydrogen-bond acceptors (Lipinski definition) is 1. The second-order valence-corrected chi connectivity index (χ2v) is 3.13. The zero-order valence-corrected chi connectivity index (χ0v) is 8.54. The molecular formula is C11H19N. The highest BCUT2D eigenvalue weighted by Gasteiger charge is 2.00. The maximum atomic E-state index is 3.61. The van der Waals surface area contributed by atoms with Gasteiger partial charge in [-0.05, 0) is 26.8 Å². The standard InChI is InChI=1S/C11H19N/c1-6-7-8-9-11(4)12(5)10(2)3/h6-10H,1H2,2-5H3/b8-7-,11-9-. The quantitative estimate of drug-likeness (QED) is 0.579. The molecule has 1 nitrogen and oxygen atoms in total. The highest BCUT2D eigenvalue weighted by atomic mass is 15.1. The number of allylic oxidation sites excluding steroid dienone is 5. The van der Waals surface area contributed by atoms with E-state index in [2.05, 4.69) is 45.4 Å². The molecule has 0 aliphatic heterocycles. The predicted molar refractivity (Wildman–Crippen MR) is 56.0 cm³/mol. The first-order valence-electron chi connectivity index (χ1n) is 4.28. The SMILES string of the molecule is C=C/C=C\C=C(\C)N(C)C(C)C. The highest BCUT2D eigenvalue weighted by Crippen LogP contribution is 2.04. The molecule has 0 bridgehead atoms. The lowest BCUT2D eigenvalue weighted by atomic mass is 10.3. The summed E-state index contributed by atoms with van der Waals surface area (Å²) in [5.74, 6) is 0. The van der Waals surface area contributed by atoms with Crippen molar-refractivity contribution in [2.75, 3.05) is 7.05 Å². The van der Waals surface area contributed by atoms with Gasteiger partial charge in [0.2, 0.25) is 0 Å². The van der Waals surface area contributed by atoms with E-state index in [1.54, 1.807) is 6.08 Å². The van der Waals surface area contributed by atoms with Crippen LogP contribution in [-0.4, -0.2) is 18.0 Å². The Labute approximate surface area is 76.1 Å². The normalized spacial score (nSPS) is 12.6. The molecule has 0 unspecified atom stereocenters. The first-order chi connectivity index (χ1) is 5.59. The molecule has 0 atom stereocenters. The molecule has 0 fully saturated rings. The zero-order chi connectivity index (χ0) is 9.56. The summed E-state index contributed by atoms with van der Waals surface area (Å²) in [5.41, 5.74) is 1.27. The van der Waals surface area contributed by atoms with E-state index in [0.717, 1.165) is 0 Å². The van der Waals surface area contributed by atoms with Crippen LogP contribution >= 0.6 is 0 Å². The molecule has 0 saturated heterocycles. The van der Waals surface area contributed by atoms with E-state index in [0.29, 0.717) is 6.04 Å². The van der Waals surface area contributed by atoms with Crippen molar-refractivity contribution in [2.45, 2.75) is 26.8 Å². The first-order valence-corrected chi connectivity index (χ1v) is 4.28. The lowest BCUT2D eigenvalue weighted by Crippen LogP contribution is -2.23. The van der Waals surface area contributed by atoms with Crippen LogP contribution in [0.15, 0.2) is 36.6 Å². The second-order valence-electron chi connectivity index (χ2n) is 3.13. The van der Waals surface area contributed by atoms with Crippen LogP contribution in [0.2, 0.25) is 0 Å². The molecule has 0 aliphatic carbocycles. The van der Waals surface area contributed by atoms with Crippen LogP contribution in [0.25, 0.3) is 0 Å². The molecule has 12 heavy (non-hydrogen) atoms. The highest BCUT2D eigenvalue weighted by molar-refractivity contribution is 5.13. The third-order valence-corrected chi connectivity index (χ3v) is 1.92. The van der Waals surface area contributed by atoms with Crippen LogP contribution in [0.5, 0.6) is 0 Å². The van der Waals surface area contributed by atoms with Gasteiger partial charge in [0, 0.05) is 18.8 Å². The smallest absolute Gasteiger partial charge is 0.0227 e. The van der Waals surface area contributed by atoms with Crippen molar-refractivity contribution in [3.63, 3.8) is 0 Å². The fourth-order valence-electron chi connectivity index (χ4n) is 0.798. The maximum absolute atomic E-state index is 3.61. The van der Waals surface area contributed by atoms with Crippen LogP contribution in [-0.2, 0) is 0 Å². The summed E-state index contributed by atoms with van der Waals surface area (Å²) in [6.07, 6.45) is 7.79. The van der Waals surface area contributed by atoms with Crippen LogP contribution in [0.3, 0.4) is 0 Å². The van der Waals surface area contributed by atoms with Gasteiger partial charge in [0.25, 0.3) is 0 Å². The Morgan fingerprint density at radius 3 is 2.33 bits per heavy atom. The monoisotopic (exact) mass is 165 g/mol. The minimum absolute atomic E-state index is 0.554. The molecule has 1 heteroatoms. The average molecular weight is 165 g/mol. The fourth-order valence-corrected chi connectivity index (χ4v) is 0.798. The van der Waals surface area contributed by atoms with Gasteiger partial charge in [-0.15, -0.1) is 0 Å². The Morgan fingerprint density at radius 1 is 1.33 bits per heavy atom. The minimum atomic E-state index is 0.554. The fraction of sp³-hybridized carbons (Fsp3) is 0.455. The molecule has 0 N–H and O–H groups in total. The molecule has 0 aromatic heterocycles. The first kappa shape index (κ1) is 11.0. The zero-order valence-electron chi connectivity index (χ0n) is 8.54. The summed E-state index contributed by atoms with van der Waals surface area (Å²) >= 11 is 0. The van der Waals surface area contributed by atoms with Crippen molar-refractivity contribution >= 4 is 0 Å². The predicted octanol–water partition coefficient (Wildman–Crippen LogP) is 2.97. The summed E-state index contributed by atoms with van der Waals surface area (Å²) in [5, 5.41) is 0. The van der Waals surface area contributed by atoms with Gasteiger partial charge in [-0.1, -0.05) is 24.8 Å². The molecule has 0 aromatic carbocycles. The molecule has 0 radical (unpaired) electrons. The molecule has 0 heterocycles. The topological polar surface area (TPSA) is 3.24 Å². The summed E-state index contributed by atoms with van der Waals surface area (Å²) in [6, 6.07) is 0.554. The van der Waals surface area contributed by atoms with E-state index in [9.17, 15) is 0 Å². The van der Waals surface area contributed by atoms with Gasteiger partial charge in [0.15, 0.2) is 0 Å². The Morgan fingerprint density at radius 2 is 1.92 bits per heavy atom. The molecule has 0 spiro atoms. The van der Waals surface area contributed by atoms with Crippen molar-refractivity contribution in [1.29, 1.82) is 0 Å². The molecule has 0 aliphatic rings. The van der Waals surface area contributed by atoms with E-state index >= 15 is 0 Å². The van der Waals surface area contributed by atoms with Gasteiger partial charge in [-0.25, -0.2) is 0 Å². The van der Waals surface area contributed by atoms with Crippen LogP contribution in [0, 0.1) is 0 Å². The molecule has 0 aromatic rings. The van der Waals surface area contributed by atoms with Crippen LogP contribution < -0.4 is 0 Å². The summed E-state index contributed by atoms with van der Waals surface area (Å²) < 4.78 is 0. The molecule has 68 valence electrons. The third-order valence-electron chi connectivity index (χ3n) is 1.92. The molecular weight excluding hydrogens is 146 g/mol. The van der Waals surface area contributed by atoms with Crippen molar-refractivity contribution in [1.82, 2.24) is 4.90 Å².